The number of ether oxygens (including phenoxy) is 2. The maximum Gasteiger partial charge on any atom is 0.194 e. The zero-order valence-corrected chi connectivity index (χ0v) is 12.2. The topological polar surface area (TPSA) is 44.5 Å². The van der Waals surface area contributed by atoms with Crippen LogP contribution in [0.3, 0.4) is 0 Å². The minimum absolute atomic E-state index is 0.637. The standard InChI is InChI=1S/C15H25NO2/c1-11-9-13(3)14(10-12(11)2)15(17-4,18-5)7-6-8-16/h9-10H,6-8,16H2,1-5H3. The van der Waals surface area contributed by atoms with Crippen LogP contribution >= 0.6 is 0 Å². The van der Waals surface area contributed by atoms with Gasteiger partial charge >= 0.3 is 0 Å². The Hall–Kier alpha value is -0.900. The third-order valence-corrected chi connectivity index (χ3v) is 3.62. The molecule has 0 amide bonds. The predicted molar refractivity (Wildman–Crippen MR) is 74.6 cm³/mol. The van der Waals surface area contributed by atoms with Gasteiger partial charge in [-0.2, -0.15) is 0 Å². The van der Waals surface area contributed by atoms with Crippen LogP contribution in [0.1, 0.15) is 35.1 Å². The first-order valence-electron chi connectivity index (χ1n) is 6.39. The van der Waals surface area contributed by atoms with Crippen LogP contribution in [0.4, 0.5) is 0 Å². The number of aryl methyl sites for hydroxylation is 3. The van der Waals surface area contributed by atoms with E-state index in [1.54, 1.807) is 14.2 Å². The van der Waals surface area contributed by atoms with Crippen molar-refractivity contribution in [2.24, 2.45) is 5.73 Å². The Balaban J connectivity index is 3.24. The third kappa shape index (κ3) is 2.91. The lowest BCUT2D eigenvalue weighted by atomic mass is 9.92. The molecular weight excluding hydrogens is 226 g/mol. The highest BCUT2D eigenvalue weighted by Crippen LogP contribution is 2.34. The first kappa shape index (κ1) is 15.2. The van der Waals surface area contributed by atoms with Gasteiger partial charge in [0.05, 0.1) is 0 Å². The third-order valence-electron chi connectivity index (χ3n) is 3.62. The van der Waals surface area contributed by atoms with E-state index in [1.165, 1.54) is 16.7 Å². The Morgan fingerprint density at radius 3 is 2.06 bits per heavy atom. The molecule has 0 fully saturated rings. The van der Waals surface area contributed by atoms with Gasteiger partial charge in [0.25, 0.3) is 0 Å². The van der Waals surface area contributed by atoms with E-state index in [0.29, 0.717) is 6.54 Å². The molecule has 0 heterocycles. The average molecular weight is 251 g/mol. The fourth-order valence-electron chi connectivity index (χ4n) is 2.35. The van der Waals surface area contributed by atoms with E-state index in [9.17, 15) is 0 Å². The number of nitrogens with two attached hydrogens (primary N) is 1. The van der Waals surface area contributed by atoms with E-state index < -0.39 is 5.79 Å². The molecule has 1 aromatic carbocycles. The van der Waals surface area contributed by atoms with Crippen LogP contribution in [0.25, 0.3) is 0 Å². The summed E-state index contributed by atoms with van der Waals surface area (Å²) in [5, 5.41) is 0. The Bertz CT molecular complexity index is 398. The van der Waals surface area contributed by atoms with Crippen molar-refractivity contribution in [3.63, 3.8) is 0 Å². The number of hydrogen-bond donors (Lipinski definition) is 1. The summed E-state index contributed by atoms with van der Waals surface area (Å²) in [4.78, 5) is 0. The summed E-state index contributed by atoms with van der Waals surface area (Å²) in [6.07, 6.45) is 1.63. The van der Waals surface area contributed by atoms with Gasteiger partial charge in [0.15, 0.2) is 5.79 Å². The van der Waals surface area contributed by atoms with Crippen molar-refractivity contribution in [3.05, 3.63) is 34.4 Å². The molecule has 0 radical (unpaired) electrons. The maximum absolute atomic E-state index is 5.67. The van der Waals surface area contributed by atoms with E-state index in [4.69, 9.17) is 15.2 Å². The van der Waals surface area contributed by atoms with Crippen LogP contribution < -0.4 is 5.73 Å². The minimum atomic E-state index is -0.679. The van der Waals surface area contributed by atoms with Crippen molar-refractivity contribution in [2.75, 3.05) is 20.8 Å². The van der Waals surface area contributed by atoms with Gasteiger partial charge in [-0.25, -0.2) is 0 Å². The molecule has 0 aliphatic heterocycles. The summed E-state index contributed by atoms with van der Waals surface area (Å²) in [6.45, 7) is 6.96. The largest absolute Gasteiger partial charge is 0.349 e. The van der Waals surface area contributed by atoms with Crippen molar-refractivity contribution in [3.8, 4) is 0 Å². The number of hydrogen-bond acceptors (Lipinski definition) is 3. The van der Waals surface area contributed by atoms with Gasteiger partial charge in [-0.05, 0) is 50.4 Å². The number of rotatable bonds is 6. The lowest BCUT2D eigenvalue weighted by Gasteiger charge is -2.33. The highest BCUT2D eigenvalue weighted by molar-refractivity contribution is 5.39. The molecule has 0 aliphatic carbocycles. The van der Waals surface area contributed by atoms with Crippen molar-refractivity contribution >= 4 is 0 Å². The lowest BCUT2D eigenvalue weighted by Crippen LogP contribution is -2.32. The van der Waals surface area contributed by atoms with Crippen molar-refractivity contribution in [2.45, 2.75) is 39.4 Å². The molecule has 102 valence electrons. The van der Waals surface area contributed by atoms with Crippen LogP contribution in [-0.2, 0) is 15.3 Å². The zero-order chi connectivity index (χ0) is 13.8. The van der Waals surface area contributed by atoms with E-state index in [-0.39, 0.29) is 0 Å². The summed E-state index contributed by atoms with van der Waals surface area (Å²) in [5.74, 6) is -0.679. The minimum Gasteiger partial charge on any atom is -0.349 e. The Kier molecular flexibility index (Phi) is 5.32. The second-order valence-electron chi connectivity index (χ2n) is 4.80. The Morgan fingerprint density at radius 1 is 1.00 bits per heavy atom. The molecule has 1 aromatic rings. The Labute approximate surface area is 110 Å². The molecule has 0 atom stereocenters. The maximum atomic E-state index is 5.67. The van der Waals surface area contributed by atoms with Gasteiger partial charge in [0.1, 0.15) is 0 Å². The lowest BCUT2D eigenvalue weighted by molar-refractivity contribution is -0.220. The molecule has 0 saturated heterocycles. The van der Waals surface area contributed by atoms with E-state index in [0.717, 1.165) is 18.4 Å². The van der Waals surface area contributed by atoms with Crippen molar-refractivity contribution < 1.29 is 9.47 Å². The molecule has 1 rings (SSSR count). The van der Waals surface area contributed by atoms with E-state index in [2.05, 4.69) is 32.9 Å². The monoisotopic (exact) mass is 251 g/mol. The quantitative estimate of drug-likeness (QED) is 0.791. The normalized spacial score (nSPS) is 11.9. The fraction of sp³-hybridized carbons (Fsp3) is 0.600. The number of methoxy groups -OCH3 is 2. The summed E-state index contributed by atoms with van der Waals surface area (Å²) < 4.78 is 11.3. The number of benzene rings is 1. The van der Waals surface area contributed by atoms with Gasteiger partial charge in [0, 0.05) is 26.2 Å². The van der Waals surface area contributed by atoms with Gasteiger partial charge in [-0.15, -0.1) is 0 Å². The summed E-state index contributed by atoms with van der Waals surface area (Å²) in [6, 6.07) is 4.34. The van der Waals surface area contributed by atoms with Gasteiger partial charge in [0.2, 0.25) is 0 Å². The first-order valence-corrected chi connectivity index (χ1v) is 6.39. The highest BCUT2D eigenvalue weighted by atomic mass is 16.7. The van der Waals surface area contributed by atoms with E-state index >= 15 is 0 Å². The van der Waals surface area contributed by atoms with Crippen molar-refractivity contribution in [1.82, 2.24) is 0 Å². The molecule has 18 heavy (non-hydrogen) atoms. The van der Waals surface area contributed by atoms with Gasteiger partial charge in [-0.1, -0.05) is 12.1 Å². The van der Waals surface area contributed by atoms with Crippen LogP contribution in [0.2, 0.25) is 0 Å². The zero-order valence-electron chi connectivity index (χ0n) is 12.2. The SMILES string of the molecule is COC(CCCN)(OC)c1cc(C)c(C)cc1C. The molecule has 0 saturated carbocycles. The summed E-state index contributed by atoms with van der Waals surface area (Å²) in [7, 11) is 3.38. The van der Waals surface area contributed by atoms with Gasteiger partial charge < -0.3 is 15.2 Å². The molecule has 3 heteroatoms. The highest BCUT2D eigenvalue weighted by Gasteiger charge is 2.33. The smallest absolute Gasteiger partial charge is 0.194 e. The molecule has 0 aliphatic rings. The summed E-state index contributed by atoms with van der Waals surface area (Å²) >= 11 is 0. The molecule has 0 aromatic heterocycles. The van der Waals surface area contributed by atoms with Crippen molar-refractivity contribution in [1.29, 1.82) is 0 Å². The average Bonchev–Trinajstić information content (AvgIpc) is 2.37. The predicted octanol–water partition coefficient (Wildman–Crippen LogP) is 2.80. The fourth-order valence-corrected chi connectivity index (χ4v) is 2.35. The van der Waals surface area contributed by atoms with Crippen LogP contribution in [0.15, 0.2) is 12.1 Å². The van der Waals surface area contributed by atoms with Crippen LogP contribution in [-0.4, -0.2) is 20.8 Å². The van der Waals surface area contributed by atoms with Crippen LogP contribution in [0.5, 0.6) is 0 Å². The summed E-state index contributed by atoms with van der Waals surface area (Å²) in [5.41, 5.74) is 10.4. The molecule has 0 spiro atoms. The molecular formula is C15H25NO2. The molecule has 0 unspecified atom stereocenters. The van der Waals surface area contributed by atoms with E-state index in [1.807, 2.05) is 0 Å². The second kappa shape index (κ2) is 6.32. The van der Waals surface area contributed by atoms with Crippen LogP contribution in [0, 0.1) is 20.8 Å². The second-order valence-corrected chi connectivity index (χ2v) is 4.80. The molecule has 2 N–H and O–H groups in total. The molecule has 0 bridgehead atoms. The molecule has 3 nitrogen and oxygen atoms in total. The Morgan fingerprint density at radius 2 is 1.56 bits per heavy atom. The first-order chi connectivity index (χ1) is 8.50. The van der Waals surface area contributed by atoms with Gasteiger partial charge in [-0.3, -0.25) is 0 Å².